The molecule has 17 heavy (non-hydrogen) atoms. The summed E-state index contributed by atoms with van der Waals surface area (Å²) in [5.41, 5.74) is 0. The van der Waals surface area contributed by atoms with E-state index in [4.69, 9.17) is 0 Å². The van der Waals surface area contributed by atoms with Gasteiger partial charge in [-0.05, 0) is 49.9 Å². The number of fused-ring (bicyclic) bond motifs is 2. The molecule has 96 valence electrons. The van der Waals surface area contributed by atoms with Gasteiger partial charge in [0.15, 0.2) is 0 Å². The minimum absolute atomic E-state index is 0.983. The van der Waals surface area contributed by atoms with Gasteiger partial charge in [0, 0.05) is 38.8 Å². The maximum atomic E-state index is 2.84. The second-order valence-corrected chi connectivity index (χ2v) is 7.02. The Morgan fingerprint density at radius 3 is 2.24 bits per heavy atom. The third-order valence-electron chi connectivity index (χ3n) is 5.79. The first-order valence-corrected chi connectivity index (χ1v) is 7.85. The van der Waals surface area contributed by atoms with Gasteiger partial charge in [-0.3, -0.25) is 4.90 Å². The lowest BCUT2D eigenvalue weighted by Gasteiger charge is -2.41. The van der Waals surface area contributed by atoms with Gasteiger partial charge in [0.2, 0.25) is 0 Å². The van der Waals surface area contributed by atoms with Crippen LogP contribution < -0.4 is 0 Å². The molecule has 0 amide bonds. The van der Waals surface area contributed by atoms with Gasteiger partial charge < -0.3 is 4.90 Å². The van der Waals surface area contributed by atoms with E-state index in [1.165, 1.54) is 58.4 Å². The van der Waals surface area contributed by atoms with Crippen molar-refractivity contribution in [3.8, 4) is 0 Å². The van der Waals surface area contributed by atoms with Crippen molar-refractivity contribution in [3.05, 3.63) is 0 Å². The SMILES string of the molecule is C1CC2CC1CC2N1CCN(CC2CC2)CC1. The van der Waals surface area contributed by atoms with E-state index in [-0.39, 0.29) is 0 Å². The summed E-state index contributed by atoms with van der Waals surface area (Å²) in [5, 5.41) is 0. The van der Waals surface area contributed by atoms with Crippen molar-refractivity contribution in [2.45, 2.75) is 44.6 Å². The van der Waals surface area contributed by atoms with Gasteiger partial charge in [-0.1, -0.05) is 6.42 Å². The van der Waals surface area contributed by atoms with Crippen LogP contribution in [0.15, 0.2) is 0 Å². The maximum absolute atomic E-state index is 2.84. The lowest BCUT2D eigenvalue weighted by atomic mass is 9.93. The van der Waals surface area contributed by atoms with Crippen molar-refractivity contribution in [2.24, 2.45) is 17.8 Å². The van der Waals surface area contributed by atoms with Gasteiger partial charge in [-0.2, -0.15) is 0 Å². The van der Waals surface area contributed by atoms with E-state index in [0.29, 0.717) is 0 Å². The van der Waals surface area contributed by atoms with E-state index in [9.17, 15) is 0 Å². The Hall–Kier alpha value is -0.0800. The molecule has 3 aliphatic carbocycles. The van der Waals surface area contributed by atoms with E-state index >= 15 is 0 Å². The monoisotopic (exact) mass is 234 g/mol. The first-order valence-electron chi connectivity index (χ1n) is 7.85. The molecule has 3 unspecified atom stereocenters. The van der Waals surface area contributed by atoms with Gasteiger partial charge in [-0.25, -0.2) is 0 Å². The van der Waals surface area contributed by atoms with Crippen LogP contribution in [0.4, 0.5) is 0 Å². The first-order chi connectivity index (χ1) is 8.38. The number of piperazine rings is 1. The molecule has 2 bridgehead atoms. The van der Waals surface area contributed by atoms with Crippen LogP contribution in [-0.2, 0) is 0 Å². The number of nitrogens with zero attached hydrogens (tertiary/aromatic N) is 2. The highest BCUT2D eigenvalue weighted by atomic mass is 15.3. The topological polar surface area (TPSA) is 6.48 Å². The summed E-state index contributed by atoms with van der Waals surface area (Å²) in [4.78, 5) is 5.56. The van der Waals surface area contributed by atoms with Crippen LogP contribution in [0.1, 0.15) is 38.5 Å². The zero-order valence-corrected chi connectivity index (χ0v) is 11.0. The predicted octanol–water partition coefficient (Wildman–Crippen LogP) is 2.20. The average Bonchev–Trinajstić information content (AvgIpc) is 2.92. The highest BCUT2D eigenvalue weighted by molar-refractivity contribution is 4.96. The molecule has 1 heterocycles. The Balaban J connectivity index is 1.29. The minimum atomic E-state index is 0.983. The van der Waals surface area contributed by atoms with E-state index in [0.717, 1.165) is 23.8 Å². The Morgan fingerprint density at radius 1 is 0.824 bits per heavy atom. The second-order valence-electron chi connectivity index (χ2n) is 7.02. The molecule has 3 atom stereocenters. The molecule has 1 saturated heterocycles. The number of rotatable bonds is 3. The second kappa shape index (κ2) is 4.24. The summed E-state index contributed by atoms with van der Waals surface area (Å²) in [7, 11) is 0. The molecule has 2 heteroatoms. The normalized spacial score (nSPS) is 43.4. The van der Waals surface area contributed by atoms with Crippen LogP contribution in [0, 0.1) is 17.8 Å². The number of hydrogen-bond acceptors (Lipinski definition) is 2. The van der Waals surface area contributed by atoms with Crippen molar-refractivity contribution in [1.82, 2.24) is 9.80 Å². The van der Waals surface area contributed by atoms with E-state index in [2.05, 4.69) is 9.80 Å². The highest BCUT2D eigenvalue weighted by Crippen LogP contribution is 2.46. The molecule has 0 N–H and O–H groups in total. The molecule has 3 saturated carbocycles. The molecule has 0 aromatic heterocycles. The van der Waals surface area contributed by atoms with Gasteiger partial charge in [0.25, 0.3) is 0 Å². The summed E-state index contributed by atoms with van der Waals surface area (Å²) >= 11 is 0. The molecular formula is C15H26N2. The lowest BCUT2D eigenvalue weighted by Crippen LogP contribution is -2.52. The fraction of sp³-hybridized carbons (Fsp3) is 1.00. The summed E-state index contributed by atoms with van der Waals surface area (Å²) in [5.74, 6) is 3.26. The zero-order valence-electron chi connectivity index (χ0n) is 11.0. The van der Waals surface area contributed by atoms with Crippen LogP contribution in [0.5, 0.6) is 0 Å². The molecule has 4 fully saturated rings. The molecule has 4 rings (SSSR count). The van der Waals surface area contributed by atoms with Gasteiger partial charge in [-0.15, -0.1) is 0 Å². The minimum Gasteiger partial charge on any atom is -0.301 e. The fourth-order valence-corrected chi connectivity index (χ4v) is 4.60. The Morgan fingerprint density at radius 2 is 1.65 bits per heavy atom. The molecule has 4 aliphatic rings. The van der Waals surface area contributed by atoms with Gasteiger partial charge in [0.05, 0.1) is 0 Å². The summed E-state index contributed by atoms with van der Waals surface area (Å²) in [6, 6.07) is 0.983. The molecule has 2 nitrogen and oxygen atoms in total. The summed E-state index contributed by atoms with van der Waals surface area (Å²) in [6.07, 6.45) is 9.19. The average molecular weight is 234 g/mol. The molecule has 0 aromatic carbocycles. The van der Waals surface area contributed by atoms with Crippen molar-refractivity contribution < 1.29 is 0 Å². The number of hydrogen-bond donors (Lipinski definition) is 0. The highest BCUT2D eigenvalue weighted by Gasteiger charge is 2.42. The molecule has 1 aliphatic heterocycles. The maximum Gasteiger partial charge on any atom is 0.0127 e. The van der Waals surface area contributed by atoms with E-state index in [1.54, 1.807) is 12.8 Å². The van der Waals surface area contributed by atoms with Crippen molar-refractivity contribution >= 4 is 0 Å². The third kappa shape index (κ3) is 2.15. The van der Waals surface area contributed by atoms with E-state index < -0.39 is 0 Å². The third-order valence-corrected chi connectivity index (χ3v) is 5.79. The zero-order chi connectivity index (χ0) is 11.2. The Kier molecular flexibility index (Phi) is 2.69. The standard InChI is InChI=1S/C15H26N2/c1-2-12(1)11-16-5-7-17(8-6-16)15-10-13-3-4-14(15)9-13/h12-15H,1-11H2. The van der Waals surface area contributed by atoms with Crippen molar-refractivity contribution in [3.63, 3.8) is 0 Å². The van der Waals surface area contributed by atoms with Crippen LogP contribution in [0.2, 0.25) is 0 Å². The predicted molar refractivity (Wildman–Crippen MR) is 70.0 cm³/mol. The van der Waals surface area contributed by atoms with Crippen molar-refractivity contribution in [2.75, 3.05) is 32.7 Å². The van der Waals surface area contributed by atoms with Crippen LogP contribution in [-0.4, -0.2) is 48.6 Å². The lowest BCUT2D eigenvalue weighted by molar-refractivity contribution is 0.0692. The quantitative estimate of drug-likeness (QED) is 0.738. The van der Waals surface area contributed by atoms with Crippen LogP contribution >= 0.6 is 0 Å². The molecule has 0 aromatic rings. The van der Waals surface area contributed by atoms with Crippen LogP contribution in [0.25, 0.3) is 0 Å². The summed E-state index contributed by atoms with van der Waals surface area (Å²) < 4.78 is 0. The fourth-order valence-electron chi connectivity index (χ4n) is 4.60. The van der Waals surface area contributed by atoms with Crippen molar-refractivity contribution in [1.29, 1.82) is 0 Å². The van der Waals surface area contributed by atoms with Gasteiger partial charge >= 0.3 is 0 Å². The van der Waals surface area contributed by atoms with E-state index in [1.807, 2.05) is 0 Å². The Bertz CT molecular complexity index is 279. The largest absolute Gasteiger partial charge is 0.301 e. The smallest absolute Gasteiger partial charge is 0.0127 e. The van der Waals surface area contributed by atoms with Gasteiger partial charge in [0.1, 0.15) is 0 Å². The molecule has 0 spiro atoms. The summed E-state index contributed by atoms with van der Waals surface area (Å²) in [6.45, 7) is 6.83. The Labute approximate surface area is 105 Å². The molecule has 0 radical (unpaired) electrons. The van der Waals surface area contributed by atoms with Crippen LogP contribution in [0.3, 0.4) is 0 Å². The first kappa shape index (κ1) is 10.8. The molecular weight excluding hydrogens is 208 g/mol.